The first-order valence-corrected chi connectivity index (χ1v) is 11.8. The number of pyridine rings is 1. The van der Waals surface area contributed by atoms with Gasteiger partial charge in [0.1, 0.15) is 0 Å². The van der Waals surface area contributed by atoms with Crippen molar-refractivity contribution in [1.82, 2.24) is 15.2 Å². The summed E-state index contributed by atoms with van der Waals surface area (Å²) in [6.07, 6.45) is 10.4. The van der Waals surface area contributed by atoms with Crippen LogP contribution in [0.1, 0.15) is 69.6 Å². The summed E-state index contributed by atoms with van der Waals surface area (Å²) >= 11 is 0. The molecule has 1 atom stereocenters. The molecule has 2 amide bonds. The van der Waals surface area contributed by atoms with Crippen molar-refractivity contribution in [2.45, 2.75) is 57.4 Å². The number of likely N-dealkylation sites (tertiary alicyclic amines) is 1. The van der Waals surface area contributed by atoms with E-state index < -0.39 is 0 Å². The summed E-state index contributed by atoms with van der Waals surface area (Å²) < 4.78 is 0. The van der Waals surface area contributed by atoms with Crippen molar-refractivity contribution in [1.29, 1.82) is 0 Å². The number of carboxylic acid groups (broad SMARTS) is 1. The molecule has 1 aromatic heterocycles. The van der Waals surface area contributed by atoms with Gasteiger partial charge in [-0.1, -0.05) is 12.1 Å². The molecular weight excluding hydrogens is 418 g/mol. The highest BCUT2D eigenvalue weighted by Crippen LogP contribution is 2.25. The summed E-state index contributed by atoms with van der Waals surface area (Å²) in [5, 5.41) is 9.92. The van der Waals surface area contributed by atoms with Crippen LogP contribution in [0.3, 0.4) is 0 Å². The second kappa shape index (κ2) is 10.6. The van der Waals surface area contributed by atoms with Crippen molar-refractivity contribution in [3.63, 3.8) is 0 Å². The molecule has 3 aliphatic rings. The zero-order valence-corrected chi connectivity index (χ0v) is 18.8. The molecule has 2 fully saturated rings. The Balaban J connectivity index is 0.000000821. The molecule has 1 saturated carbocycles. The molecule has 33 heavy (non-hydrogen) atoms. The number of aromatic nitrogens is 1. The predicted molar refractivity (Wildman–Crippen MR) is 124 cm³/mol. The van der Waals surface area contributed by atoms with E-state index in [9.17, 15) is 9.59 Å². The smallest absolute Gasteiger partial charge is 0.290 e. The number of nitrogens with one attached hydrogen (secondary N) is 1. The molecule has 2 N–H and O–H groups in total. The number of carbonyl (C=O) groups is 3. The summed E-state index contributed by atoms with van der Waals surface area (Å²) in [5.74, 6) is 0.608. The van der Waals surface area contributed by atoms with E-state index in [-0.39, 0.29) is 18.3 Å². The minimum absolute atomic E-state index is 0.0281. The van der Waals surface area contributed by atoms with Crippen LogP contribution in [-0.4, -0.2) is 52.4 Å². The molecule has 0 bridgehead atoms. The molecule has 1 aromatic carbocycles. The number of benzene rings is 1. The molecule has 174 valence electrons. The van der Waals surface area contributed by atoms with Gasteiger partial charge in [0.05, 0.1) is 5.56 Å². The Bertz CT molecular complexity index is 1000. The zero-order valence-electron chi connectivity index (χ0n) is 18.8. The van der Waals surface area contributed by atoms with E-state index in [2.05, 4.69) is 28.5 Å². The highest BCUT2D eigenvalue weighted by Gasteiger charge is 2.28. The third-order valence-corrected chi connectivity index (χ3v) is 6.64. The monoisotopic (exact) mass is 449 g/mol. The first-order chi connectivity index (χ1) is 16.1. The van der Waals surface area contributed by atoms with Gasteiger partial charge in [0.25, 0.3) is 18.3 Å². The predicted octanol–water partition coefficient (Wildman–Crippen LogP) is 3.26. The molecule has 2 aliphatic carbocycles. The van der Waals surface area contributed by atoms with Gasteiger partial charge >= 0.3 is 0 Å². The molecule has 1 aliphatic heterocycles. The SMILES string of the molecule is O=C(NC1CC1)c1ccc(CC2CCN(C(=O)c3cnc4c(c3)CCCC4)C2)cc1.O=CO. The van der Waals surface area contributed by atoms with Gasteiger partial charge in [0.2, 0.25) is 0 Å². The lowest BCUT2D eigenvalue weighted by molar-refractivity contribution is -0.122. The molecule has 2 aromatic rings. The lowest BCUT2D eigenvalue weighted by Gasteiger charge is -2.19. The van der Waals surface area contributed by atoms with Gasteiger partial charge in [-0.2, -0.15) is 0 Å². The number of rotatable bonds is 5. The molecule has 5 rings (SSSR count). The van der Waals surface area contributed by atoms with Gasteiger partial charge in [-0.3, -0.25) is 19.4 Å². The van der Waals surface area contributed by atoms with Crippen molar-refractivity contribution >= 4 is 18.3 Å². The first kappa shape index (κ1) is 23.0. The van der Waals surface area contributed by atoms with Crippen molar-refractivity contribution in [3.8, 4) is 0 Å². The maximum atomic E-state index is 13.0. The number of aryl methyl sites for hydroxylation is 2. The number of hydrogen-bond acceptors (Lipinski definition) is 4. The second-order valence-electron chi connectivity index (χ2n) is 9.20. The molecule has 1 saturated heterocycles. The van der Waals surface area contributed by atoms with E-state index in [0.717, 1.165) is 62.7 Å². The molecular formula is C26H31N3O4. The summed E-state index contributed by atoms with van der Waals surface area (Å²) in [6.45, 7) is 1.35. The average Bonchev–Trinajstić information content (AvgIpc) is 3.53. The fraction of sp³-hybridized carbons (Fsp3) is 0.462. The van der Waals surface area contributed by atoms with Crippen LogP contribution >= 0.6 is 0 Å². The van der Waals surface area contributed by atoms with Gasteiger partial charge in [-0.25, -0.2) is 0 Å². The Morgan fingerprint density at radius 3 is 2.55 bits per heavy atom. The minimum atomic E-state index is -0.250. The summed E-state index contributed by atoms with van der Waals surface area (Å²) in [5.41, 5.74) is 5.13. The number of carbonyl (C=O) groups excluding carboxylic acids is 2. The third kappa shape index (κ3) is 5.97. The van der Waals surface area contributed by atoms with E-state index in [4.69, 9.17) is 9.90 Å². The van der Waals surface area contributed by atoms with E-state index in [1.807, 2.05) is 17.0 Å². The number of hydrogen-bond donors (Lipinski definition) is 2. The lowest BCUT2D eigenvalue weighted by Crippen LogP contribution is -2.29. The van der Waals surface area contributed by atoms with Crippen molar-refractivity contribution in [2.75, 3.05) is 13.1 Å². The van der Waals surface area contributed by atoms with E-state index in [1.165, 1.54) is 29.7 Å². The number of amides is 2. The maximum absolute atomic E-state index is 13.0. The quantitative estimate of drug-likeness (QED) is 0.683. The standard InChI is InChI=1S/C25H29N3O2.CH2O2/c29-24(27-22-9-10-22)19-7-5-17(6-8-19)13-18-11-12-28(16-18)25(30)21-14-20-3-1-2-4-23(20)26-15-21;2-1-3/h5-8,14-15,18,22H,1-4,9-13,16H2,(H,27,29);1H,(H,2,3). The van der Waals surface area contributed by atoms with E-state index in [0.29, 0.717) is 12.0 Å². The second-order valence-corrected chi connectivity index (χ2v) is 9.20. The Labute approximate surface area is 194 Å². The fourth-order valence-electron chi connectivity index (χ4n) is 4.69. The minimum Gasteiger partial charge on any atom is -0.483 e. The largest absolute Gasteiger partial charge is 0.483 e. The Morgan fingerprint density at radius 2 is 1.82 bits per heavy atom. The molecule has 7 nitrogen and oxygen atoms in total. The Hall–Kier alpha value is -3.22. The van der Waals surface area contributed by atoms with Crippen LogP contribution < -0.4 is 5.32 Å². The molecule has 2 heterocycles. The molecule has 7 heteroatoms. The van der Waals surface area contributed by atoms with Crippen LogP contribution in [0.25, 0.3) is 0 Å². The summed E-state index contributed by atoms with van der Waals surface area (Å²) in [7, 11) is 0. The van der Waals surface area contributed by atoms with Gasteiger partial charge in [0, 0.05) is 36.6 Å². The highest BCUT2D eigenvalue weighted by molar-refractivity contribution is 5.95. The topological polar surface area (TPSA) is 99.6 Å². The molecule has 1 unspecified atom stereocenters. The van der Waals surface area contributed by atoms with Crippen molar-refractivity contribution in [3.05, 3.63) is 64.5 Å². The van der Waals surface area contributed by atoms with Crippen LogP contribution in [0.4, 0.5) is 0 Å². The zero-order chi connectivity index (χ0) is 23.2. The Morgan fingerprint density at radius 1 is 1.09 bits per heavy atom. The van der Waals surface area contributed by atoms with Crippen LogP contribution in [0.15, 0.2) is 36.5 Å². The van der Waals surface area contributed by atoms with Crippen LogP contribution in [0.5, 0.6) is 0 Å². The fourth-order valence-corrected chi connectivity index (χ4v) is 4.69. The van der Waals surface area contributed by atoms with Crippen LogP contribution in [-0.2, 0) is 24.1 Å². The van der Waals surface area contributed by atoms with E-state index in [1.54, 1.807) is 6.20 Å². The normalized spacial score (nSPS) is 19.2. The van der Waals surface area contributed by atoms with E-state index >= 15 is 0 Å². The molecule has 0 spiro atoms. The Kier molecular flexibility index (Phi) is 7.37. The number of fused-ring (bicyclic) bond motifs is 1. The van der Waals surface area contributed by atoms with Gasteiger partial charge < -0.3 is 15.3 Å². The molecule has 0 radical (unpaired) electrons. The number of nitrogens with zero attached hydrogens (tertiary/aromatic N) is 2. The van der Waals surface area contributed by atoms with Gasteiger partial charge in [0.15, 0.2) is 0 Å². The van der Waals surface area contributed by atoms with Crippen LogP contribution in [0.2, 0.25) is 0 Å². The average molecular weight is 450 g/mol. The summed E-state index contributed by atoms with van der Waals surface area (Å²) in [6, 6.07) is 10.4. The van der Waals surface area contributed by atoms with Crippen molar-refractivity contribution < 1.29 is 19.5 Å². The van der Waals surface area contributed by atoms with Crippen LogP contribution in [0, 0.1) is 5.92 Å². The maximum Gasteiger partial charge on any atom is 0.290 e. The lowest BCUT2D eigenvalue weighted by atomic mass is 9.95. The van der Waals surface area contributed by atoms with Gasteiger partial charge in [-0.05, 0) is 86.6 Å². The summed E-state index contributed by atoms with van der Waals surface area (Å²) in [4.78, 5) is 40.0. The van der Waals surface area contributed by atoms with Gasteiger partial charge in [-0.15, -0.1) is 0 Å². The highest BCUT2D eigenvalue weighted by atomic mass is 16.3. The third-order valence-electron chi connectivity index (χ3n) is 6.64. The first-order valence-electron chi connectivity index (χ1n) is 11.8. The van der Waals surface area contributed by atoms with Crippen molar-refractivity contribution in [2.24, 2.45) is 5.92 Å².